The number of carbonyl (C=O) groups is 1. The second kappa shape index (κ2) is 7.04. The normalized spacial score (nSPS) is 16.7. The number of thioether (sulfide) groups is 1. The molecule has 0 saturated heterocycles. The molecule has 122 valence electrons. The lowest BCUT2D eigenvalue weighted by Gasteiger charge is -2.26. The van der Waals surface area contributed by atoms with Crippen LogP contribution in [0.3, 0.4) is 0 Å². The average molecular weight is 332 g/mol. The lowest BCUT2D eigenvalue weighted by Crippen LogP contribution is -2.33. The summed E-state index contributed by atoms with van der Waals surface area (Å²) < 4.78 is 7.58. The zero-order valence-electron chi connectivity index (χ0n) is 13.2. The van der Waals surface area contributed by atoms with E-state index in [0.29, 0.717) is 12.4 Å². The van der Waals surface area contributed by atoms with E-state index in [1.54, 1.807) is 6.33 Å². The second-order valence-corrected chi connectivity index (χ2v) is 6.64. The topological polar surface area (TPSA) is 69.0 Å². The summed E-state index contributed by atoms with van der Waals surface area (Å²) in [6.07, 6.45) is 2.48. The van der Waals surface area contributed by atoms with E-state index < -0.39 is 0 Å². The van der Waals surface area contributed by atoms with Gasteiger partial charge in [0.05, 0.1) is 18.4 Å². The molecule has 1 aromatic carbocycles. The van der Waals surface area contributed by atoms with Gasteiger partial charge in [-0.3, -0.25) is 4.79 Å². The highest BCUT2D eigenvalue weighted by molar-refractivity contribution is 7.99. The van der Waals surface area contributed by atoms with Crippen LogP contribution in [0.4, 0.5) is 0 Å². The van der Waals surface area contributed by atoms with Gasteiger partial charge in [0, 0.05) is 18.0 Å². The highest BCUT2D eigenvalue weighted by atomic mass is 32.2. The Kier molecular flexibility index (Phi) is 4.85. The van der Waals surface area contributed by atoms with Crippen molar-refractivity contribution in [2.75, 3.05) is 12.4 Å². The van der Waals surface area contributed by atoms with Crippen LogP contribution < -0.4 is 10.1 Å². The van der Waals surface area contributed by atoms with Crippen LogP contribution in [0.5, 0.6) is 5.75 Å². The van der Waals surface area contributed by atoms with Crippen molar-refractivity contribution < 1.29 is 9.53 Å². The maximum atomic E-state index is 12.3. The van der Waals surface area contributed by atoms with Gasteiger partial charge in [-0.05, 0) is 19.9 Å². The summed E-state index contributed by atoms with van der Waals surface area (Å²) in [5.74, 6) is 1.18. The number of nitrogens with zero attached hydrogens (tertiary/aromatic N) is 3. The van der Waals surface area contributed by atoms with Crippen LogP contribution in [0.15, 0.2) is 35.7 Å². The lowest BCUT2D eigenvalue weighted by molar-refractivity contribution is -0.119. The van der Waals surface area contributed by atoms with Crippen molar-refractivity contribution in [3.8, 4) is 5.75 Å². The van der Waals surface area contributed by atoms with Crippen molar-refractivity contribution >= 4 is 17.7 Å². The van der Waals surface area contributed by atoms with Crippen LogP contribution in [0.25, 0.3) is 0 Å². The van der Waals surface area contributed by atoms with Crippen molar-refractivity contribution in [1.29, 1.82) is 0 Å². The summed E-state index contributed by atoms with van der Waals surface area (Å²) in [6, 6.07) is 8.13. The second-order valence-electron chi connectivity index (χ2n) is 5.70. The van der Waals surface area contributed by atoms with Crippen molar-refractivity contribution in [2.24, 2.45) is 0 Å². The molecular weight excluding hydrogens is 312 g/mol. The van der Waals surface area contributed by atoms with E-state index in [0.717, 1.165) is 22.9 Å². The molecule has 1 aromatic heterocycles. The van der Waals surface area contributed by atoms with Gasteiger partial charge in [0.1, 0.15) is 12.1 Å². The first-order chi connectivity index (χ1) is 11.1. The van der Waals surface area contributed by atoms with Crippen LogP contribution in [0.2, 0.25) is 0 Å². The molecule has 2 aromatic rings. The largest absolute Gasteiger partial charge is 0.493 e. The molecule has 0 radical (unpaired) electrons. The van der Waals surface area contributed by atoms with Gasteiger partial charge in [0.25, 0.3) is 0 Å². The summed E-state index contributed by atoms with van der Waals surface area (Å²) in [4.78, 5) is 12.3. The molecule has 1 aliphatic rings. The van der Waals surface area contributed by atoms with Gasteiger partial charge in [-0.25, -0.2) is 0 Å². The van der Waals surface area contributed by atoms with Crippen molar-refractivity contribution in [3.63, 3.8) is 0 Å². The first-order valence-electron chi connectivity index (χ1n) is 7.68. The smallest absolute Gasteiger partial charge is 0.230 e. The molecular formula is C16H20N4O2S. The van der Waals surface area contributed by atoms with Crippen molar-refractivity contribution in [1.82, 2.24) is 20.1 Å². The Morgan fingerprint density at radius 2 is 2.30 bits per heavy atom. The number of nitrogens with one attached hydrogen (secondary N) is 1. The number of aromatic nitrogens is 3. The fourth-order valence-electron chi connectivity index (χ4n) is 2.55. The molecule has 0 bridgehead atoms. The number of benzene rings is 1. The van der Waals surface area contributed by atoms with Crippen LogP contribution in [-0.4, -0.2) is 33.0 Å². The first-order valence-corrected chi connectivity index (χ1v) is 8.67. The fourth-order valence-corrected chi connectivity index (χ4v) is 3.40. The van der Waals surface area contributed by atoms with Crippen LogP contribution in [-0.2, 0) is 4.79 Å². The number of para-hydroxylation sites is 1. The number of amides is 1. The summed E-state index contributed by atoms with van der Waals surface area (Å²) in [6.45, 7) is 4.75. The van der Waals surface area contributed by atoms with E-state index in [1.807, 2.05) is 28.8 Å². The SMILES string of the molecule is CC(C)n1cnnc1SCC(=O)NC1CCOc2ccccc21. The molecule has 0 saturated carbocycles. The average Bonchev–Trinajstić information content (AvgIpc) is 3.02. The van der Waals surface area contributed by atoms with E-state index in [4.69, 9.17) is 4.74 Å². The van der Waals surface area contributed by atoms with Gasteiger partial charge in [-0.15, -0.1) is 10.2 Å². The molecule has 7 heteroatoms. The van der Waals surface area contributed by atoms with E-state index >= 15 is 0 Å². The highest BCUT2D eigenvalue weighted by Crippen LogP contribution is 2.31. The molecule has 1 unspecified atom stereocenters. The van der Waals surface area contributed by atoms with Gasteiger partial charge in [-0.1, -0.05) is 30.0 Å². The van der Waals surface area contributed by atoms with Gasteiger partial charge in [0.2, 0.25) is 5.91 Å². The predicted octanol–water partition coefficient (Wildman–Crippen LogP) is 2.59. The summed E-state index contributed by atoms with van der Waals surface area (Å²) in [5.41, 5.74) is 1.04. The molecule has 1 aliphatic heterocycles. The molecule has 0 aliphatic carbocycles. The quantitative estimate of drug-likeness (QED) is 0.852. The zero-order chi connectivity index (χ0) is 16.2. The summed E-state index contributed by atoms with van der Waals surface area (Å²) in [5, 5.41) is 11.8. The predicted molar refractivity (Wildman–Crippen MR) is 88.6 cm³/mol. The summed E-state index contributed by atoms with van der Waals surface area (Å²) >= 11 is 1.41. The van der Waals surface area contributed by atoms with Crippen molar-refractivity contribution in [3.05, 3.63) is 36.2 Å². The Bertz CT molecular complexity index is 686. The maximum absolute atomic E-state index is 12.3. The standard InChI is InChI=1S/C16H20N4O2S/c1-11(2)20-10-17-19-16(20)23-9-15(21)18-13-7-8-22-14-6-4-3-5-12(13)14/h3-6,10-11,13H,7-9H2,1-2H3,(H,18,21). The number of ether oxygens (including phenoxy) is 1. The zero-order valence-corrected chi connectivity index (χ0v) is 14.0. The molecule has 2 heterocycles. The minimum atomic E-state index is -0.00462. The molecule has 23 heavy (non-hydrogen) atoms. The number of carbonyl (C=O) groups excluding carboxylic acids is 1. The Balaban J connectivity index is 1.59. The van der Waals surface area contributed by atoms with Gasteiger partial charge >= 0.3 is 0 Å². The molecule has 0 fully saturated rings. The third kappa shape index (κ3) is 3.67. The van der Waals surface area contributed by atoms with Gasteiger partial charge in [-0.2, -0.15) is 0 Å². The number of rotatable bonds is 5. The number of fused-ring (bicyclic) bond motifs is 1. The fraction of sp³-hybridized carbons (Fsp3) is 0.438. The summed E-state index contributed by atoms with van der Waals surface area (Å²) in [7, 11) is 0. The minimum absolute atomic E-state index is 0.00462. The minimum Gasteiger partial charge on any atom is -0.493 e. The molecule has 3 rings (SSSR count). The van der Waals surface area contributed by atoms with E-state index in [-0.39, 0.29) is 18.0 Å². The van der Waals surface area contributed by atoms with Crippen LogP contribution in [0.1, 0.15) is 37.9 Å². The van der Waals surface area contributed by atoms with Gasteiger partial charge < -0.3 is 14.6 Å². The van der Waals surface area contributed by atoms with E-state index in [9.17, 15) is 4.79 Å². The van der Waals surface area contributed by atoms with E-state index in [1.165, 1.54) is 11.8 Å². The lowest BCUT2D eigenvalue weighted by atomic mass is 10.0. The third-order valence-corrected chi connectivity index (χ3v) is 4.68. The van der Waals surface area contributed by atoms with E-state index in [2.05, 4.69) is 29.4 Å². The Morgan fingerprint density at radius 1 is 1.48 bits per heavy atom. The molecule has 0 spiro atoms. The Labute approximate surface area is 139 Å². The van der Waals surface area contributed by atoms with Crippen LogP contribution >= 0.6 is 11.8 Å². The molecule has 1 N–H and O–H groups in total. The monoisotopic (exact) mass is 332 g/mol. The maximum Gasteiger partial charge on any atom is 0.230 e. The Morgan fingerprint density at radius 3 is 3.13 bits per heavy atom. The van der Waals surface area contributed by atoms with Crippen molar-refractivity contribution in [2.45, 2.75) is 37.5 Å². The highest BCUT2D eigenvalue weighted by Gasteiger charge is 2.22. The third-order valence-electron chi connectivity index (χ3n) is 3.72. The molecule has 6 nitrogen and oxygen atoms in total. The molecule has 1 atom stereocenters. The van der Waals surface area contributed by atoms with Gasteiger partial charge in [0.15, 0.2) is 5.16 Å². The van der Waals surface area contributed by atoms with Crippen LogP contribution in [0, 0.1) is 0 Å². The Hall–Kier alpha value is -2.02. The number of hydrogen-bond acceptors (Lipinski definition) is 5. The first kappa shape index (κ1) is 15.9. The molecule has 1 amide bonds. The number of hydrogen-bond donors (Lipinski definition) is 1.